The lowest BCUT2D eigenvalue weighted by Gasteiger charge is -2.60. The van der Waals surface area contributed by atoms with Gasteiger partial charge in [0.2, 0.25) is 18.0 Å². The van der Waals surface area contributed by atoms with Crippen LogP contribution in [0.15, 0.2) is 90.1 Å². The second-order valence-electron chi connectivity index (χ2n) is 17.4. The average Bonchev–Trinajstić information content (AvgIpc) is 3.33. The van der Waals surface area contributed by atoms with Gasteiger partial charge in [0.25, 0.3) is 0 Å². The summed E-state index contributed by atoms with van der Waals surface area (Å²) in [7, 11) is 3.14. The zero-order valence-electron chi connectivity index (χ0n) is 38.2. The highest BCUT2D eigenvalue weighted by Gasteiger charge is 2.65. The summed E-state index contributed by atoms with van der Waals surface area (Å²) in [4.78, 5) is 35.2. The molecule has 3 aromatic rings. The Kier molecular flexibility index (Phi) is 16.7. The monoisotopic (exact) mass is 894 g/mol. The third kappa shape index (κ3) is 10.8. The van der Waals surface area contributed by atoms with Crippen molar-refractivity contribution in [2.75, 3.05) is 47.2 Å². The quantitative estimate of drug-likeness (QED) is 0.0406. The van der Waals surface area contributed by atoms with Gasteiger partial charge in [0.1, 0.15) is 34.8 Å². The summed E-state index contributed by atoms with van der Waals surface area (Å²) in [5.41, 5.74) is 3.77. The highest BCUT2D eigenvalue weighted by molar-refractivity contribution is 6.03. The smallest absolute Gasteiger partial charge is 0.239 e. The minimum absolute atomic E-state index is 0.0240. The van der Waals surface area contributed by atoms with E-state index in [2.05, 4.69) is 19.6 Å². The van der Waals surface area contributed by atoms with Gasteiger partial charge in [-0.25, -0.2) is 0 Å². The van der Waals surface area contributed by atoms with Crippen molar-refractivity contribution in [2.24, 2.45) is 22.9 Å². The highest BCUT2D eigenvalue weighted by atomic mass is 16.8. The van der Waals surface area contributed by atoms with Crippen molar-refractivity contribution in [1.82, 2.24) is 4.90 Å². The summed E-state index contributed by atoms with van der Waals surface area (Å²) in [5, 5.41) is 25.0. The zero-order chi connectivity index (χ0) is 45.8. The van der Waals surface area contributed by atoms with E-state index in [9.17, 15) is 19.8 Å². The minimum atomic E-state index is -1.40. The molecule has 0 bridgehead atoms. The van der Waals surface area contributed by atoms with Crippen LogP contribution in [-0.4, -0.2) is 98.3 Å². The van der Waals surface area contributed by atoms with Gasteiger partial charge >= 0.3 is 0 Å². The van der Waals surface area contributed by atoms with Gasteiger partial charge in [-0.1, -0.05) is 49.2 Å². The summed E-state index contributed by atoms with van der Waals surface area (Å²) in [6.45, 7) is 7.47. The minimum Gasteiger partial charge on any atom is -0.497 e. The number of unbranched alkanes of at least 4 members (excludes halogenated alkanes) is 2. The maximum absolute atomic E-state index is 15.0. The lowest BCUT2D eigenvalue weighted by atomic mass is 9.55. The summed E-state index contributed by atoms with van der Waals surface area (Å²) in [6, 6.07) is 17.8. The second-order valence-corrected chi connectivity index (χ2v) is 17.4. The van der Waals surface area contributed by atoms with Gasteiger partial charge in [-0.3, -0.25) is 9.59 Å². The summed E-state index contributed by atoms with van der Waals surface area (Å²) in [5.74, 6) is 0.604. The van der Waals surface area contributed by atoms with Gasteiger partial charge in [-0.05, 0) is 116 Å². The Balaban J connectivity index is 1.43. The highest BCUT2D eigenvalue weighted by Crippen LogP contribution is 2.62. The van der Waals surface area contributed by atoms with Crippen LogP contribution in [0.25, 0.3) is 0 Å². The molecule has 2 fully saturated rings. The van der Waals surface area contributed by atoms with Crippen LogP contribution in [-0.2, 0) is 25.5 Å². The molecule has 350 valence electrons. The molecule has 2 N–H and O–H groups in total. The maximum atomic E-state index is 15.0. The van der Waals surface area contributed by atoms with Gasteiger partial charge in [-0.15, -0.1) is 6.58 Å². The molecule has 1 unspecified atom stereocenters. The van der Waals surface area contributed by atoms with Crippen molar-refractivity contribution >= 4 is 17.9 Å². The second kappa shape index (κ2) is 22.8. The molecular formula is C52H66N2O11. The SMILES string of the molecule is C=CCO[C@@]12Oc3ccc(Oc4ccc(OC)c(C=O)c4)cc3[C@H]3[C@H](CCCCO)[C@@H](CCCCO)C=C(C(=NOC4CCCCO4)C[C@@H]1N(CCC)C(=O)Cc1cccc(OC)c1)[C@H]32. The Morgan fingerprint density at radius 1 is 0.969 bits per heavy atom. The van der Waals surface area contributed by atoms with Gasteiger partial charge < -0.3 is 48.4 Å². The van der Waals surface area contributed by atoms with E-state index < -0.39 is 24.0 Å². The Bertz CT molecular complexity index is 2150. The number of nitrogens with zero attached hydrogens (tertiary/aromatic N) is 2. The fraction of sp³-hybridized carbons (Fsp3) is 0.519. The number of benzene rings is 3. The predicted molar refractivity (Wildman–Crippen MR) is 247 cm³/mol. The largest absolute Gasteiger partial charge is 0.497 e. The molecule has 1 saturated heterocycles. The van der Waals surface area contributed by atoms with Crippen LogP contribution in [0.2, 0.25) is 0 Å². The number of hydrogen-bond donors (Lipinski definition) is 2. The molecule has 4 aliphatic rings. The number of methoxy groups -OCH3 is 2. The van der Waals surface area contributed by atoms with Crippen LogP contribution >= 0.6 is 0 Å². The van der Waals surface area contributed by atoms with E-state index >= 15 is 0 Å². The van der Waals surface area contributed by atoms with E-state index in [-0.39, 0.29) is 56.3 Å². The molecule has 65 heavy (non-hydrogen) atoms. The number of aliphatic hydroxyl groups is 2. The number of aliphatic hydroxyl groups excluding tert-OH is 2. The first-order valence-corrected chi connectivity index (χ1v) is 23.4. The molecule has 1 saturated carbocycles. The fourth-order valence-corrected chi connectivity index (χ4v) is 10.4. The van der Waals surface area contributed by atoms with Gasteiger partial charge in [0.15, 0.2) is 6.29 Å². The summed E-state index contributed by atoms with van der Waals surface area (Å²) < 4.78 is 38.0. The van der Waals surface area contributed by atoms with Crippen LogP contribution in [0.3, 0.4) is 0 Å². The van der Waals surface area contributed by atoms with Crippen molar-refractivity contribution < 1.29 is 53.1 Å². The number of fused-ring (bicyclic) bond motifs is 2. The van der Waals surface area contributed by atoms with E-state index in [0.717, 1.165) is 67.9 Å². The molecule has 1 amide bonds. The standard InChI is InChI=1S/C52H66N2O11/c1-5-23-54(48(58)29-35-14-13-16-38(28-35)59-3)47-33-44(53-65-49-18-9-12-27-61-49)42-31-36(15-7-10-24-55)41(17-8-11-25-56)50-43-32-40(63-39-19-21-45(60-4)37(30-39)34-57)20-22-46(43)64-52(47,51(42)50)62-26-6-2/h6,13-14,16,19-22,28,30-32,34,36,41,47,49-51,55-56H,2,5,7-12,15,17-18,23-27,29,33H2,1,3-4H3/t36-,41+,47-,49?,50+,51+,52+/m0/s1. The molecule has 13 nitrogen and oxygen atoms in total. The molecule has 3 aromatic carbocycles. The van der Waals surface area contributed by atoms with E-state index in [1.54, 1.807) is 31.4 Å². The van der Waals surface area contributed by atoms with Crippen molar-refractivity contribution in [1.29, 1.82) is 0 Å². The first-order valence-electron chi connectivity index (χ1n) is 23.4. The summed E-state index contributed by atoms with van der Waals surface area (Å²) >= 11 is 0. The molecule has 7 rings (SSSR count). The van der Waals surface area contributed by atoms with Crippen LogP contribution in [0.5, 0.6) is 28.7 Å². The molecule has 2 aliphatic carbocycles. The van der Waals surface area contributed by atoms with Crippen LogP contribution in [0.1, 0.15) is 105 Å². The number of ether oxygens (including phenoxy) is 6. The number of rotatable bonds is 23. The number of hydrogen-bond acceptors (Lipinski definition) is 12. The molecule has 13 heteroatoms. The van der Waals surface area contributed by atoms with Crippen LogP contribution in [0, 0.1) is 17.8 Å². The molecule has 0 spiro atoms. The van der Waals surface area contributed by atoms with Crippen LogP contribution < -0.4 is 18.9 Å². The number of carbonyl (C=O) groups excluding carboxylic acids is 2. The van der Waals surface area contributed by atoms with E-state index in [1.807, 2.05) is 47.4 Å². The van der Waals surface area contributed by atoms with Crippen LogP contribution in [0.4, 0.5) is 0 Å². The molecule has 2 aliphatic heterocycles. The Morgan fingerprint density at radius 3 is 2.49 bits per heavy atom. The van der Waals surface area contributed by atoms with E-state index in [4.69, 9.17) is 38.4 Å². The predicted octanol–water partition coefficient (Wildman–Crippen LogP) is 8.95. The van der Waals surface area contributed by atoms with E-state index in [1.165, 1.54) is 7.11 Å². The molecule has 0 aromatic heterocycles. The maximum Gasteiger partial charge on any atom is 0.239 e. The van der Waals surface area contributed by atoms with Crippen molar-refractivity contribution in [3.63, 3.8) is 0 Å². The topological polar surface area (TPSA) is 155 Å². The lowest BCUT2D eigenvalue weighted by Crippen LogP contribution is -2.70. The lowest BCUT2D eigenvalue weighted by molar-refractivity contribution is -0.257. The number of oxime groups is 1. The molecule has 0 radical (unpaired) electrons. The normalized spacial score (nSPS) is 25.0. The van der Waals surface area contributed by atoms with Gasteiger partial charge in [-0.2, -0.15) is 0 Å². The molecule has 7 atom stereocenters. The first-order chi connectivity index (χ1) is 31.8. The third-order valence-electron chi connectivity index (χ3n) is 13.3. The Hall–Kier alpha value is -5.21. The molecule has 2 heterocycles. The van der Waals surface area contributed by atoms with Crippen molar-refractivity contribution in [3.8, 4) is 28.7 Å². The fourth-order valence-electron chi connectivity index (χ4n) is 10.4. The van der Waals surface area contributed by atoms with Gasteiger partial charge in [0, 0.05) is 44.1 Å². The zero-order valence-corrected chi connectivity index (χ0v) is 38.2. The number of carbonyl (C=O) groups is 2. The Morgan fingerprint density at radius 2 is 1.77 bits per heavy atom. The number of allylic oxidation sites excluding steroid dienone is 1. The van der Waals surface area contributed by atoms with E-state index in [0.29, 0.717) is 72.4 Å². The average molecular weight is 895 g/mol. The molecular weight excluding hydrogens is 829 g/mol. The van der Waals surface area contributed by atoms with Gasteiger partial charge in [0.05, 0.1) is 51.0 Å². The third-order valence-corrected chi connectivity index (χ3v) is 13.3. The van der Waals surface area contributed by atoms with Crippen molar-refractivity contribution in [2.45, 2.75) is 108 Å². The summed E-state index contributed by atoms with van der Waals surface area (Å²) in [6.07, 6.45) is 12.6. The first kappa shape index (κ1) is 47.7. The number of amides is 1. The Labute approximate surface area is 383 Å². The number of aldehydes is 1. The van der Waals surface area contributed by atoms with Crippen molar-refractivity contribution in [3.05, 3.63) is 102 Å².